The van der Waals surface area contributed by atoms with Gasteiger partial charge >= 0.3 is 0 Å². The van der Waals surface area contributed by atoms with Crippen molar-refractivity contribution in [3.63, 3.8) is 0 Å². The molecule has 0 unspecified atom stereocenters. The molecule has 2 N–H and O–H groups in total. The van der Waals surface area contributed by atoms with Crippen LogP contribution in [-0.2, 0) is 0 Å². The van der Waals surface area contributed by atoms with Crippen molar-refractivity contribution in [2.24, 2.45) is 0 Å². The fourth-order valence-electron chi connectivity index (χ4n) is 2.27. The van der Waals surface area contributed by atoms with E-state index in [1.807, 2.05) is 13.8 Å². The van der Waals surface area contributed by atoms with Crippen molar-refractivity contribution < 1.29 is 9.53 Å². The summed E-state index contributed by atoms with van der Waals surface area (Å²) >= 11 is 5.99. The number of carbonyl (C=O) groups is 1. The summed E-state index contributed by atoms with van der Waals surface area (Å²) in [6.45, 7) is 5.75. The molecule has 0 bridgehead atoms. The van der Waals surface area contributed by atoms with Crippen LogP contribution < -0.4 is 15.4 Å². The molecule has 1 heterocycles. The fourth-order valence-corrected chi connectivity index (χ4v) is 2.44. The van der Waals surface area contributed by atoms with Crippen LogP contribution in [0.3, 0.4) is 0 Å². The van der Waals surface area contributed by atoms with Crippen molar-refractivity contribution in [3.05, 3.63) is 28.8 Å². The second kappa shape index (κ2) is 8.47. The van der Waals surface area contributed by atoms with Gasteiger partial charge in [0.15, 0.2) is 0 Å². The summed E-state index contributed by atoms with van der Waals surface area (Å²) < 4.78 is 5.68. The Bertz CT molecular complexity index is 475. The van der Waals surface area contributed by atoms with E-state index in [4.69, 9.17) is 16.3 Å². The number of carbonyl (C=O) groups excluding carboxylic acids is 1. The molecule has 1 fully saturated rings. The fraction of sp³-hybridized carbons (Fsp3) is 0.533. The van der Waals surface area contributed by atoms with Crippen LogP contribution in [0, 0.1) is 0 Å². The van der Waals surface area contributed by atoms with Gasteiger partial charge in [0, 0.05) is 11.1 Å². The molecule has 0 aromatic heterocycles. The van der Waals surface area contributed by atoms with Crippen LogP contribution in [0.1, 0.15) is 37.0 Å². The first-order valence-corrected chi connectivity index (χ1v) is 7.42. The van der Waals surface area contributed by atoms with Crippen LogP contribution in [0.25, 0.3) is 0 Å². The summed E-state index contributed by atoms with van der Waals surface area (Å²) in [5, 5.41) is 6.87. The SMILES string of the molecule is CC(C)Oc1ccc(Cl)cc1C(=O)NC1CCNCC1.Cl. The molecule has 1 aliphatic rings. The Morgan fingerprint density at radius 2 is 2.05 bits per heavy atom. The average molecular weight is 333 g/mol. The Balaban J connectivity index is 0.00000220. The van der Waals surface area contributed by atoms with Gasteiger partial charge in [0.05, 0.1) is 11.7 Å². The molecule has 0 atom stereocenters. The van der Waals surface area contributed by atoms with E-state index in [9.17, 15) is 4.79 Å². The highest BCUT2D eigenvalue weighted by Crippen LogP contribution is 2.24. The van der Waals surface area contributed by atoms with Gasteiger partial charge in [0.2, 0.25) is 0 Å². The van der Waals surface area contributed by atoms with E-state index in [0.29, 0.717) is 16.3 Å². The van der Waals surface area contributed by atoms with E-state index < -0.39 is 0 Å². The second-order valence-corrected chi connectivity index (χ2v) is 5.74. The molecule has 6 heteroatoms. The zero-order valence-electron chi connectivity index (χ0n) is 12.3. The lowest BCUT2D eigenvalue weighted by Crippen LogP contribution is -2.42. The lowest BCUT2D eigenvalue weighted by Gasteiger charge is -2.24. The lowest BCUT2D eigenvalue weighted by molar-refractivity contribution is 0.0923. The number of rotatable bonds is 4. The number of nitrogens with one attached hydrogen (secondary N) is 2. The molecule has 21 heavy (non-hydrogen) atoms. The maximum atomic E-state index is 12.4. The Labute approximate surface area is 137 Å². The van der Waals surface area contributed by atoms with Gasteiger partial charge in [-0.3, -0.25) is 4.79 Å². The van der Waals surface area contributed by atoms with Crippen molar-refractivity contribution in [1.82, 2.24) is 10.6 Å². The highest BCUT2D eigenvalue weighted by Gasteiger charge is 2.19. The minimum absolute atomic E-state index is 0. The molecule has 1 aromatic carbocycles. The Morgan fingerprint density at radius 1 is 1.38 bits per heavy atom. The third-order valence-corrected chi connectivity index (χ3v) is 3.46. The minimum atomic E-state index is -0.116. The summed E-state index contributed by atoms with van der Waals surface area (Å²) in [7, 11) is 0. The highest BCUT2D eigenvalue weighted by molar-refractivity contribution is 6.31. The van der Waals surface area contributed by atoms with E-state index in [1.165, 1.54) is 0 Å². The molecule has 4 nitrogen and oxygen atoms in total. The molecular weight excluding hydrogens is 311 g/mol. The number of halogens is 2. The van der Waals surface area contributed by atoms with Crippen LogP contribution in [0.2, 0.25) is 5.02 Å². The van der Waals surface area contributed by atoms with E-state index in [-0.39, 0.29) is 30.5 Å². The van der Waals surface area contributed by atoms with Crippen LogP contribution in [0.15, 0.2) is 18.2 Å². The molecule has 0 radical (unpaired) electrons. The van der Waals surface area contributed by atoms with E-state index in [1.54, 1.807) is 18.2 Å². The van der Waals surface area contributed by atoms with Crippen LogP contribution in [0.4, 0.5) is 0 Å². The number of ether oxygens (including phenoxy) is 1. The quantitative estimate of drug-likeness (QED) is 0.890. The predicted octanol–water partition coefficient (Wildman–Crippen LogP) is 3.03. The van der Waals surface area contributed by atoms with E-state index in [2.05, 4.69) is 10.6 Å². The van der Waals surface area contributed by atoms with E-state index in [0.717, 1.165) is 25.9 Å². The third-order valence-electron chi connectivity index (χ3n) is 3.22. The Morgan fingerprint density at radius 3 is 2.67 bits per heavy atom. The summed E-state index contributed by atoms with van der Waals surface area (Å²) in [6.07, 6.45) is 1.92. The third kappa shape index (κ3) is 5.38. The summed E-state index contributed by atoms with van der Waals surface area (Å²) in [5.41, 5.74) is 0.504. The first-order valence-electron chi connectivity index (χ1n) is 7.04. The molecule has 1 aliphatic heterocycles. The lowest BCUT2D eigenvalue weighted by atomic mass is 10.1. The van der Waals surface area contributed by atoms with Gasteiger partial charge in [-0.05, 0) is 58.0 Å². The molecule has 1 saturated heterocycles. The normalized spacial score (nSPS) is 15.4. The van der Waals surface area contributed by atoms with Crippen molar-refractivity contribution in [3.8, 4) is 5.75 Å². The number of benzene rings is 1. The van der Waals surface area contributed by atoms with Crippen molar-refractivity contribution in [1.29, 1.82) is 0 Å². The number of amides is 1. The molecule has 2 rings (SSSR count). The molecular formula is C15H22Cl2N2O2. The van der Waals surface area contributed by atoms with Gasteiger partial charge in [-0.2, -0.15) is 0 Å². The summed E-state index contributed by atoms with van der Waals surface area (Å²) in [5.74, 6) is 0.464. The monoisotopic (exact) mass is 332 g/mol. The number of hydrogen-bond acceptors (Lipinski definition) is 3. The first-order chi connectivity index (χ1) is 9.56. The number of piperidine rings is 1. The molecule has 0 saturated carbocycles. The highest BCUT2D eigenvalue weighted by atomic mass is 35.5. The zero-order valence-corrected chi connectivity index (χ0v) is 13.9. The van der Waals surface area contributed by atoms with Crippen molar-refractivity contribution in [2.45, 2.75) is 38.8 Å². The van der Waals surface area contributed by atoms with Crippen LogP contribution in [0.5, 0.6) is 5.75 Å². The van der Waals surface area contributed by atoms with Gasteiger partial charge in [-0.15, -0.1) is 12.4 Å². The van der Waals surface area contributed by atoms with Crippen LogP contribution >= 0.6 is 24.0 Å². The first kappa shape index (κ1) is 18.1. The minimum Gasteiger partial charge on any atom is -0.490 e. The van der Waals surface area contributed by atoms with Gasteiger partial charge in [0.1, 0.15) is 5.75 Å². The molecule has 1 aromatic rings. The van der Waals surface area contributed by atoms with Gasteiger partial charge < -0.3 is 15.4 Å². The summed E-state index contributed by atoms with van der Waals surface area (Å²) in [6, 6.07) is 5.37. The maximum absolute atomic E-state index is 12.4. The van der Waals surface area contributed by atoms with Gasteiger partial charge in [0.25, 0.3) is 5.91 Å². The van der Waals surface area contributed by atoms with E-state index >= 15 is 0 Å². The Hall–Kier alpha value is -0.970. The topological polar surface area (TPSA) is 50.4 Å². The van der Waals surface area contributed by atoms with Crippen LogP contribution in [-0.4, -0.2) is 31.1 Å². The second-order valence-electron chi connectivity index (χ2n) is 5.30. The summed E-state index contributed by atoms with van der Waals surface area (Å²) in [4.78, 5) is 12.4. The predicted molar refractivity (Wildman–Crippen MR) is 87.8 cm³/mol. The average Bonchev–Trinajstić information content (AvgIpc) is 2.41. The zero-order chi connectivity index (χ0) is 14.5. The largest absolute Gasteiger partial charge is 0.490 e. The molecule has 0 spiro atoms. The number of hydrogen-bond donors (Lipinski definition) is 2. The van der Waals surface area contributed by atoms with Gasteiger partial charge in [-0.25, -0.2) is 0 Å². The maximum Gasteiger partial charge on any atom is 0.255 e. The standard InChI is InChI=1S/C15H21ClN2O2.ClH/c1-10(2)20-14-4-3-11(16)9-13(14)15(19)18-12-5-7-17-8-6-12;/h3-4,9-10,12,17H,5-8H2,1-2H3,(H,18,19);1H. The van der Waals surface area contributed by atoms with Crippen molar-refractivity contribution in [2.75, 3.05) is 13.1 Å². The van der Waals surface area contributed by atoms with Crippen molar-refractivity contribution >= 4 is 29.9 Å². The molecule has 1 amide bonds. The van der Waals surface area contributed by atoms with Gasteiger partial charge in [-0.1, -0.05) is 11.6 Å². The molecule has 0 aliphatic carbocycles. The molecule has 118 valence electrons. The smallest absolute Gasteiger partial charge is 0.255 e. The Kier molecular flexibility index (Phi) is 7.29.